The SMILES string of the molecule is Cc1cc(F)c(O)cc1C1CCCN1. The van der Waals surface area contributed by atoms with Gasteiger partial charge in [0.05, 0.1) is 0 Å². The first-order valence-electron chi connectivity index (χ1n) is 4.91. The fourth-order valence-corrected chi connectivity index (χ4v) is 2.00. The Hall–Kier alpha value is -1.09. The quantitative estimate of drug-likeness (QED) is 0.720. The molecule has 1 aromatic carbocycles. The molecule has 1 saturated heterocycles. The first-order chi connectivity index (χ1) is 6.68. The maximum atomic E-state index is 13.0. The zero-order valence-electron chi connectivity index (χ0n) is 8.18. The van der Waals surface area contributed by atoms with Crippen LogP contribution in [0.25, 0.3) is 0 Å². The van der Waals surface area contributed by atoms with E-state index in [0.717, 1.165) is 30.5 Å². The molecule has 1 aliphatic rings. The predicted octanol–water partition coefficient (Wildman–Crippen LogP) is 2.26. The molecule has 1 atom stereocenters. The summed E-state index contributed by atoms with van der Waals surface area (Å²) in [6.45, 7) is 2.88. The minimum Gasteiger partial charge on any atom is -0.505 e. The molecule has 14 heavy (non-hydrogen) atoms. The highest BCUT2D eigenvalue weighted by Crippen LogP contribution is 2.30. The minimum absolute atomic E-state index is 0.251. The molecule has 0 bridgehead atoms. The lowest BCUT2D eigenvalue weighted by molar-refractivity contribution is 0.429. The Morgan fingerprint density at radius 3 is 2.93 bits per heavy atom. The van der Waals surface area contributed by atoms with Crippen LogP contribution in [0.15, 0.2) is 12.1 Å². The third-order valence-corrected chi connectivity index (χ3v) is 2.77. The van der Waals surface area contributed by atoms with E-state index in [9.17, 15) is 9.50 Å². The van der Waals surface area contributed by atoms with Gasteiger partial charge in [0, 0.05) is 6.04 Å². The van der Waals surface area contributed by atoms with E-state index in [1.165, 1.54) is 12.1 Å². The van der Waals surface area contributed by atoms with Crippen molar-refractivity contribution in [1.82, 2.24) is 5.32 Å². The van der Waals surface area contributed by atoms with Crippen LogP contribution in [0, 0.1) is 12.7 Å². The highest BCUT2D eigenvalue weighted by atomic mass is 19.1. The van der Waals surface area contributed by atoms with Crippen LogP contribution in [-0.2, 0) is 0 Å². The van der Waals surface area contributed by atoms with Gasteiger partial charge in [0.1, 0.15) is 0 Å². The van der Waals surface area contributed by atoms with Crippen LogP contribution in [0.5, 0.6) is 5.75 Å². The summed E-state index contributed by atoms with van der Waals surface area (Å²) in [5.41, 5.74) is 1.92. The summed E-state index contributed by atoms with van der Waals surface area (Å²) in [4.78, 5) is 0. The summed E-state index contributed by atoms with van der Waals surface area (Å²) in [6, 6.07) is 3.21. The number of aromatic hydroxyl groups is 1. The average molecular weight is 195 g/mol. The number of nitrogens with one attached hydrogen (secondary N) is 1. The summed E-state index contributed by atoms with van der Waals surface area (Å²) in [5, 5.41) is 12.6. The Labute approximate surface area is 82.8 Å². The largest absolute Gasteiger partial charge is 0.505 e. The molecular weight excluding hydrogens is 181 g/mol. The highest BCUT2D eigenvalue weighted by molar-refractivity contribution is 5.37. The van der Waals surface area contributed by atoms with E-state index in [0.29, 0.717) is 0 Å². The van der Waals surface area contributed by atoms with E-state index >= 15 is 0 Å². The van der Waals surface area contributed by atoms with Crippen molar-refractivity contribution in [2.45, 2.75) is 25.8 Å². The second-order valence-electron chi connectivity index (χ2n) is 3.81. The van der Waals surface area contributed by atoms with Crippen LogP contribution >= 0.6 is 0 Å². The van der Waals surface area contributed by atoms with Gasteiger partial charge in [-0.3, -0.25) is 0 Å². The van der Waals surface area contributed by atoms with Crippen molar-refractivity contribution in [1.29, 1.82) is 0 Å². The number of aryl methyl sites for hydroxylation is 1. The van der Waals surface area contributed by atoms with Gasteiger partial charge in [-0.1, -0.05) is 0 Å². The van der Waals surface area contributed by atoms with E-state index in [1.807, 2.05) is 6.92 Å². The van der Waals surface area contributed by atoms with Crippen molar-refractivity contribution in [2.24, 2.45) is 0 Å². The number of hydrogen-bond donors (Lipinski definition) is 2. The number of halogens is 1. The van der Waals surface area contributed by atoms with Crippen LogP contribution in [0.4, 0.5) is 4.39 Å². The number of rotatable bonds is 1. The van der Waals surface area contributed by atoms with Crippen LogP contribution in [0.3, 0.4) is 0 Å². The smallest absolute Gasteiger partial charge is 0.165 e. The summed E-state index contributed by atoms with van der Waals surface area (Å²) < 4.78 is 13.0. The van der Waals surface area contributed by atoms with E-state index in [1.54, 1.807) is 0 Å². The second kappa shape index (κ2) is 3.58. The molecule has 0 amide bonds. The first kappa shape index (κ1) is 9.46. The van der Waals surface area contributed by atoms with Gasteiger partial charge < -0.3 is 10.4 Å². The molecule has 2 N–H and O–H groups in total. The predicted molar refractivity (Wildman–Crippen MR) is 52.8 cm³/mol. The van der Waals surface area contributed by atoms with Crippen molar-refractivity contribution < 1.29 is 9.50 Å². The molecule has 1 unspecified atom stereocenters. The van der Waals surface area contributed by atoms with Gasteiger partial charge in [-0.15, -0.1) is 0 Å². The molecule has 76 valence electrons. The lowest BCUT2D eigenvalue weighted by Gasteiger charge is -2.14. The molecule has 0 saturated carbocycles. The van der Waals surface area contributed by atoms with Gasteiger partial charge >= 0.3 is 0 Å². The van der Waals surface area contributed by atoms with Gasteiger partial charge in [-0.05, 0) is 49.6 Å². The number of phenols is 1. The fraction of sp³-hybridized carbons (Fsp3) is 0.455. The Morgan fingerprint density at radius 2 is 2.29 bits per heavy atom. The normalized spacial score (nSPS) is 21.4. The van der Waals surface area contributed by atoms with Crippen LogP contribution < -0.4 is 5.32 Å². The lowest BCUT2D eigenvalue weighted by Crippen LogP contribution is -2.14. The standard InChI is InChI=1S/C11H14FNO/c1-7-5-9(12)11(14)6-8(7)10-3-2-4-13-10/h5-6,10,13-14H,2-4H2,1H3. The van der Waals surface area contributed by atoms with Crippen molar-refractivity contribution in [3.8, 4) is 5.75 Å². The Bertz CT molecular complexity index is 345. The third kappa shape index (κ3) is 1.60. The maximum absolute atomic E-state index is 13.0. The molecule has 1 fully saturated rings. The van der Waals surface area contributed by atoms with E-state index in [-0.39, 0.29) is 11.8 Å². The van der Waals surface area contributed by atoms with Crippen LogP contribution in [-0.4, -0.2) is 11.7 Å². The van der Waals surface area contributed by atoms with E-state index < -0.39 is 5.82 Å². The Morgan fingerprint density at radius 1 is 1.50 bits per heavy atom. The number of hydrogen-bond acceptors (Lipinski definition) is 2. The van der Waals surface area contributed by atoms with Crippen molar-refractivity contribution in [2.75, 3.05) is 6.54 Å². The summed E-state index contributed by atoms with van der Waals surface area (Å²) in [7, 11) is 0. The molecule has 1 heterocycles. The maximum Gasteiger partial charge on any atom is 0.165 e. The van der Waals surface area contributed by atoms with Gasteiger partial charge in [-0.2, -0.15) is 0 Å². The first-order valence-corrected chi connectivity index (χ1v) is 4.91. The topological polar surface area (TPSA) is 32.3 Å². The van der Waals surface area contributed by atoms with Crippen molar-refractivity contribution >= 4 is 0 Å². The molecular formula is C11H14FNO. The third-order valence-electron chi connectivity index (χ3n) is 2.77. The Balaban J connectivity index is 2.37. The van der Waals surface area contributed by atoms with Gasteiger partial charge in [0.15, 0.2) is 11.6 Å². The van der Waals surface area contributed by atoms with E-state index in [2.05, 4.69) is 5.32 Å². The lowest BCUT2D eigenvalue weighted by atomic mass is 9.99. The monoisotopic (exact) mass is 195 g/mol. The molecule has 0 spiro atoms. The Kier molecular flexibility index (Phi) is 2.42. The average Bonchev–Trinajstić information content (AvgIpc) is 2.64. The molecule has 0 aromatic heterocycles. The molecule has 2 rings (SSSR count). The highest BCUT2D eigenvalue weighted by Gasteiger charge is 2.19. The van der Waals surface area contributed by atoms with Crippen LogP contribution in [0.2, 0.25) is 0 Å². The summed E-state index contributed by atoms with van der Waals surface area (Å²) in [5.74, 6) is -0.788. The molecule has 0 radical (unpaired) electrons. The molecule has 0 aliphatic carbocycles. The summed E-state index contributed by atoms with van der Waals surface area (Å²) in [6.07, 6.45) is 2.20. The van der Waals surface area contributed by atoms with Crippen molar-refractivity contribution in [3.05, 3.63) is 29.1 Å². The van der Waals surface area contributed by atoms with Gasteiger partial charge in [0.2, 0.25) is 0 Å². The summed E-state index contributed by atoms with van der Waals surface area (Å²) >= 11 is 0. The number of phenolic OH excluding ortho intramolecular Hbond substituents is 1. The fourth-order valence-electron chi connectivity index (χ4n) is 2.00. The van der Waals surface area contributed by atoms with E-state index in [4.69, 9.17) is 0 Å². The number of benzene rings is 1. The zero-order valence-corrected chi connectivity index (χ0v) is 8.18. The van der Waals surface area contributed by atoms with Crippen molar-refractivity contribution in [3.63, 3.8) is 0 Å². The molecule has 3 heteroatoms. The second-order valence-corrected chi connectivity index (χ2v) is 3.81. The van der Waals surface area contributed by atoms with Gasteiger partial charge in [0.25, 0.3) is 0 Å². The molecule has 1 aliphatic heterocycles. The molecule has 2 nitrogen and oxygen atoms in total. The zero-order chi connectivity index (χ0) is 10.1. The van der Waals surface area contributed by atoms with Gasteiger partial charge in [-0.25, -0.2) is 4.39 Å². The minimum atomic E-state index is -0.538. The van der Waals surface area contributed by atoms with Crippen LogP contribution in [0.1, 0.15) is 30.0 Å². The molecule has 1 aromatic rings.